The molecule has 2 heterocycles. The number of pyridine rings is 1. The highest BCUT2D eigenvalue weighted by Gasteiger charge is 2.26. The monoisotopic (exact) mass is 302 g/mol. The molecule has 0 fully saturated rings. The average molecular weight is 302 g/mol. The molecule has 0 spiro atoms. The standard InChI is InChI=1S/C12H13F3N4O2/c1-19-10-7(6-18-19)9(8(5-17-10)11(20)21)16-4-2-3-12(13,14)15/h5-6H,2-4H2,1H3,(H,16,17)(H,20,21). The number of rotatable bonds is 5. The number of hydrogen-bond acceptors (Lipinski definition) is 4. The molecule has 21 heavy (non-hydrogen) atoms. The van der Waals surface area contributed by atoms with Crippen molar-refractivity contribution in [2.45, 2.75) is 19.0 Å². The summed E-state index contributed by atoms with van der Waals surface area (Å²) in [5, 5.41) is 16.3. The fourth-order valence-electron chi connectivity index (χ4n) is 1.95. The quantitative estimate of drug-likeness (QED) is 0.829. The molecule has 2 aromatic rings. The highest BCUT2D eigenvalue weighted by molar-refractivity contribution is 6.03. The molecule has 0 aliphatic rings. The van der Waals surface area contributed by atoms with E-state index in [1.165, 1.54) is 17.1 Å². The van der Waals surface area contributed by atoms with Crippen molar-refractivity contribution in [3.63, 3.8) is 0 Å². The van der Waals surface area contributed by atoms with E-state index in [0.29, 0.717) is 11.0 Å². The maximum absolute atomic E-state index is 12.1. The predicted octanol–water partition coefficient (Wildman–Crippen LogP) is 2.42. The third-order valence-electron chi connectivity index (χ3n) is 2.93. The number of aromatic nitrogens is 3. The number of carbonyl (C=O) groups is 1. The fourth-order valence-corrected chi connectivity index (χ4v) is 1.95. The lowest BCUT2D eigenvalue weighted by Crippen LogP contribution is -2.13. The zero-order valence-corrected chi connectivity index (χ0v) is 11.1. The predicted molar refractivity (Wildman–Crippen MR) is 69.2 cm³/mol. The minimum absolute atomic E-state index is 0.00774. The van der Waals surface area contributed by atoms with Crippen LogP contribution in [0.4, 0.5) is 18.9 Å². The van der Waals surface area contributed by atoms with Crippen LogP contribution in [-0.4, -0.2) is 38.6 Å². The van der Waals surface area contributed by atoms with Gasteiger partial charge in [0.1, 0.15) is 5.56 Å². The van der Waals surface area contributed by atoms with Crippen LogP contribution in [-0.2, 0) is 7.05 Å². The second-order valence-electron chi connectivity index (χ2n) is 4.50. The summed E-state index contributed by atoms with van der Waals surface area (Å²) in [4.78, 5) is 15.2. The molecule has 0 aliphatic carbocycles. The molecule has 0 bridgehead atoms. The number of aryl methyl sites for hydroxylation is 1. The summed E-state index contributed by atoms with van der Waals surface area (Å²) in [5.41, 5.74) is 0.601. The van der Waals surface area contributed by atoms with Crippen molar-refractivity contribution in [2.24, 2.45) is 7.05 Å². The Kier molecular flexibility index (Phi) is 4.01. The first-order chi connectivity index (χ1) is 9.79. The van der Waals surface area contributed by atoms with Gasteiger partial charge in [0.15, 0.2) is 5.65 Å². The number of carboxylic acids is 1. The Morgan fingerprint density at radius 3 is 2.76 bits per heavy atom. The van der Waals surface area contributed by atoms with E-state index in [1.54, 1.807) is 7.05 Å². The largest absolute Gasteiger partial charge is 0.478 e. The number of aromatic carboxylic acids is 1. The van der Waals surface area contributed by atoms with Crippen LogP contribution in [0, 0.1) is 0 Å². The molecule has 0 amide bonds. The van der Waals surface area contributed by atoms with Gasteiger partial charge in [-0.1, -0.05) is 0 Å². The summed E-state index contributed by atoms with van der Waals surface area (Å²) >= 11 is 0. The lowest BCUT2D eigenvalue weighted by molar-refractivity contribution is -0.134. The molecular weight excluding hydrogens is 289 g/mol. The van der Waals surface area contributed by atoms with Crippen LogP contribution in [0.5, 0.6) is 0 Å². The van der Waals surface area contributed by atoms with Crippen LogP contribution in [0.25, 0.3) is 11.0 Å². The van der Waals surface area contributed by atoms with Crippen molar-refractivity contribution in [1.82, 2.24) is 14.8 Å². The van der Waals surface area contributed by atoms with Crippen LogP contribution in [0.1, 0.15) is 23.2 Å². The number of fused-ring (bicyclic) bond motifs is 1. The second kappa shape index (κ2) is 5.58. The lowest BCUT2D eigenvalue weighted by Gasteiger charge is -2.11. The SMILES string of the molecule is Cn1ncc2c(NCCCC(F)(F)F)c(C(=O)O)cnc21. The Balaban J connectivity index is 2.23. The van der Waals surface area contributed by atoms with E-state index in [-0.39, 0.29) is 24.2 Å². The Labute approximate surface area is 117 Å². The van der Waals surface area contributed by atoms with Gasteiger partial charge in [-0.25, -0.2) is 9.78 Å². The smallest absolute Gasteiger partial charge is 0.389 e. The number of halogens is 3. The summed E-state index contributed by atoms with van der Waals surface area (Å²) in [6.07, 6.45) is -2.70. The first-order valence-electron chi connectivity index (χ1n) is 6.14. The maximum Gasteiger partial charge on any atom is 0.389 e. The van der Waals surface area contributed by atoms with E-state index in [9.17, 15) is 18.0 Å². The van der Waals surface area contributed by atoms with E-state index < -0.39 is 18.6 Å². The third-order valence-corrected chi connectivity index (χ3v) is 2.93. The normalized spacial score (nSPS) is 11.8. The van der Waals surface area contributed by atoms with Crippen molar-refractivity contribution in [3.8, 4) is 0 Å². The van der Waals surface area contributed by atoms with Crippen LogP contribution < -0.4 is 5.32 Å². The molecule has 6 nitrogen and oxygen atoms in total. The minimum atomic E-state index is -4.22. The number of alkyl halides is 3. The molecule has 0 saturated heterocycles. The Morgan fingerprint density at radius 2 is 2.14 bits per heavy atom. The van der Waals surface area contributed by atoms with Gasteiger partial charge < -0.3 is 10.4 Å². The molecule has 2 rings (SSSR count). The highest BCUT2D eigenvalue weighted by atomic mass is 19.4. The van der Waals surface area contributed by atoms with Gasteiger partial charge in [-0.05, 0) is 6.42 Å². The van der Waals surface area contributed by atoms with Gasteiger partial charge >= 0.3 is 12.1 Å². The number of hydrogen-bond donors (Lipinski definition) is 2. The zero-order chi connectivity index (χ0) is 15.6. The van der Waals surface area contributed by atoms with E-state index in [2.05, 4.69) is 15.4 Å². The summed E-state index contributed by atoms with van der Waals surface area (Å²) in [6, 6.07) is 0. The van der Waals surface area contributed by atoms with E-state index in [0.717, 1.165) is 0 Å². The van der Waals surface area contributed by atoms with E-state index >= 15 is 0 Å². The number of nitrogens with zero attached hydrogens (tertiary/aromatic N) is 3. The molecule has 0 saturated carbocycles. The molecule has 0 radical (unpaired) electrons. The van der Waals surface area contributed by atoms with Gasteiger partial charge in [0.25, 0.3) is 0 Å². The van der Waals surface area contributed by atoms with Crippen molar-refractivity contribution in [3.05, 3.63) is 18.0 Å². The van der Waals surface area contributed by atoms with Gasteiger partial charge in [0, 0.05) is 26.2 Å². The van der Waals surface area contributed by atoms with Gasteiger partial charge in [0.2, 0.25) is 0 Å². The number of anilines is 1. The number of carboxylic acid groups (broad SMARTS) is 1. The van der Waals surface area contributed by atoms with E-state index in [1.807, 2.05) is 0 Å². The fraction of sp³-hybridized carbons (Fsp3) is 0.417. The summed E-state index contributed by atoms with van der Waals surface area (Å²) in [7, 11) is 1.64. The zero-order valence-electron chi connectivity index (χ0n) is 11.1. The highest BCUT2D eigenvalue weighted by Crippen LogP contribution is 2.26. The topological polar surface area (TPSA) is 80.0 Å². The van der Waals surface area contributed by atoms with Crippen LogP contribution >= 0.6 is 0 Å². The number of nitrogens with one attached hydrogen (secondary N) is 1. The first kappa shape index (κ1) is 15.1. The molecule has 9 heteroatoms. The van der Waals surface area contributed by atoms with E-state index in [4.69, 9.17) is 5.11 Å². The van der Waals surface area contributed by atoms with Crippen LogP contribution in [0.3, 0.4) is 0 Å². The van der Waals surface area contributed by atoms with Gasteiger partial charge in [-0.2, -0.15) is 18.3 Å². The molecule has 0 aromatic carbocycles. The Hall–Kier alpha value is -2.32. The third kappa shape index (κ3) is 3.41. The van der Waals surface area contributed by atoms with Crippen molar-refractivity contribution in [1.29, 1.82) is 0 Å². The summed E-state index contributed by atoms with van der Waals surface area (Å²) < 4.78 is 37.8. The Bertz CT molecular complexity index is 666. The lowest BCUT2D eigenvalue weighted by atomic mass is 10.1. The molecule has 2 aromatic heterocycles. The summed E-state index contributed by atoms with van der Waals surface area (Å²) in [5.74, 6) is -1.20. The van der Waals surface area contributed by atoms with Gasteiger partial charge in [0.05, 0.1) is 17.3 Å². The molecule has 114 valence electrons. The molecule has 0 atom stereocenters. The van der Waals surface area contributed by atoms with Crippen LogP contribution in [0.2, 0.25) is 0 Å². The first-order valence-corrected chi connectivity index (χ1v) is 6.14. The Morgan fingerprint density at radius 1 is 1.43 bits per heavy atom. The summed E-state index contributed by atoms with van der Waals surface area (Å²) in [6.45, 7) is 0.00774. The van der Waals surface area contributed by atoms with Crippen molar-refractivity contribution >= 4 is 22.7 Å². The van der Waals surface area contributed by atoms with Crippen LogP contribution in [0.15, 0.2) is 12.4 Å². The molecule has 2 N–H and O–H groups in total. The van der Waals surface area contributed by atoms with Crippen molar-refractivity contribution < 1.29 is 23.1 Å². The second-order valence-corrected chi connectivity index (χ2v) is 4.50. The average Bonchev–Trinajstić information content (AvgIpc) is 2.75. The van der Waals surface area contributed by atoms with Crippen molar-refractivity contribution in [2.75, 3.05) is 11.9 Å². The molecule has 0 aliphatic heterocycles. The minimum Gasteiger partial charge on any atom is -0.478 e. The van der Waals surface area contributed by atoms with Gasteiger partial charge in [-0.15, -0.1) is 0 Å². The maximum atomic E-state index is 12.1. The molecular formula is C12H13F3N4O2. The molecule has 0 unspecified atom stereocenters. The van der Waals surface area contributed by atoms with Gasteiger partial charge in [-0.3, -0.25) is 4.68 Å².